The monoisotopic (exact) mass is 412 g/mol. The number of nitrogens with zero attached hydrogens (tertiary/aromatic N) is 1. The van der Waals surface area contributed by atoms with Crippen LogP contribution in [0.15, 0.2) is 53.4 Å². The Bertz CT molecular complexity index is 1000. The summed E-state index contributed by atoms with van der Waals surface area (Å²) < 4.78 is 28.4. The Morgan fingerprint density at radius 1 is 1.17 bits per heavy atom. The van der Waals surface area contributed by atoms with Crippen molar-refractivity contribution in [1.82, 2.24) is 4.72 Å². The van der Waals surface area contributed by atoms with E-state index < -0.39 is 10.0 Å². The van der Waals surface area contributed by atoms with E-state index >= 15 is 0 Å². The third-order valence-corrected chi connectivity index (χ3v) is 7.64. The summed E-state index contributed by atoms with van der Waals surface area (Å²) in [4.78, 5) is 14.9. The zero-order chi connectivity index (χ0) is 20.6. The number of fused-ring (bicyclic) bond motifs is 1. The van der Waals surface area contributed by atoms with E-state index in [0.717, 1.165) is 36.1 Å². The highest BCUT2D eigenvalue weighted by molar-refractivity contribution is 7.89. The number of carbonyl (C=O) groups excluding carboxylic acids is 1. The lowest BCUT2D eigenvalue weighted by molar-refractivity contribution is -0.125. The van der Waals surface area contributed by atoms with Gasteiger partial charge in [-0.1, -0.05) is 43.7 Å². The van der Waals surface area contributed by atoms with Gasteiger partial charge in [-0.25, -0.2) is 13.1 Å². The summed E-state index contributed by atoms with van der Waals surface area (Å²) in [7, 11) is -3.60. The van der Waals surface area contributed by atoms with Crippen molar-refractivity contribution in [2.45, 2.75) is 56.4 Å². The Kier molecular flexibility index (Phi) is 5.49. The molecule has 1 aliphatic heterocycles. The Labute approximate surface area is 173 Å². The van der Waals surface area contributed by atoms with E-state index in [1.807, 2.05) is 49.1 Å². The number of carbonyl (C=O) groups is 1. The van der Waals surface area contributed by atoms with Crippen molar-refractivity contribution in [3.63, 3.8) is 0 Å². The fraction of sp³-hybridized carbons (Fsp3) is 0.435. The first-order chi connectivity index (χ1) is 13.9. The van der Waals surface area contributed by atoms with Gasteiger partial charge in [0.25, 0.3) is 0 Å². The van der Waals surface area contributed by atoms with Gasteiger partial charge >= 0.3 is 0 Å². The van der Waals surface area contributed by atoms with Crippen LogP contribution in [-0.4, -0.2) is 26.9 Å². The lowest BCUT2D eigenvalue weighted by atomic mass is 9.84. The Morgan fingerprint density at radius 3 is 2.55 bits per heavy atom. The summed E-state index contributed by atoms with van der Waals surface area (Å²) in [6.45, 7) is 4.38. The molecular formula is C23H28N2O3S. The van der Waals surface area contributed by atoms with Crippen molar-refractivity contribution < 1.29 is 13.2 Å². The molecule has 2 aromatic rings. The lowest BCUT2D eigenvalue weighted by Gasteiger charge is -2.32. The second-order valence-corrected chi connectivity index (χ2v) is 10.1. The zero-order valence-electron chi connectivity index (χ0n) is 17.0. The van der Waals surface area contributed by atoms with Gasteiger partial charge in [-0.15, -0.1) is 0 Å². The topological polar surface area (TPSA) is 66.5 Å². The number of sulfonamides is 1. The van der Waals surface area contributed by atoms with Crippen molar-refractivity contribution in [3.8, 4) is 0 Å². The first kappa shape index (κ1) is 20.1. The molecule has 1 amide bonds. The van der Waals surface area contributed by atoms with Crippen molar-refractivity contribution >= 4 is 21.6 Å². The second-order valence-electron chi connectivity index (χ2n) is 8.34. The summed E-state index contributed by atoms with van der Waals surface area (Å²) in [5.41, 5.74) is 2.90. The highest BCUT2D eigenvalue weighted by atomic mass is 32.2. The van der Waals surface area contributed by atoms with Gasteiger partial charge < -0.3 is 4.90 Å². The SMILES string of the molecule is C[C@H](CNS(=O)(=O)c1ccc2c(c1)C[C@H](C)N2C(=O)C1CCC1)c1ccccc1. The molecule has 4 rings (SSSR count). The number of rotatable bonds is 6. The first-order valence-corrected chi connectivity index (χ1v) is 11.9. The van der Waals surface area contributed by atoms with Crippen LogP contribution in [0.1, 0.15) is 50.2 Å². The predicted molar refractivity (Wildman–Crippen MR) is 114 cm³/mol. The van der Waals surface area contributed by atoms with Crippen molar-refractivity contribution in [3.05, 3.63) is 59.7 Å². The van der Waals surface area contributed by atoms with Gasteiger partial charge in [0, 0.05) is 24.2 Å². The van der Waals surface area contributed by atoms with Crippen LogP contribution >= 0.6 is 0 Å². The quantitative estimate of drug-likeness (QED) is 0.784. The number of amides is 1. The van der Waals surface area contributed by atoms with Gasteiger partial charge in [-0.3, -0.25) is 4.79 Å². The molecule has 1 heterocycles. The van der Waals surface area contributed by atoms with Crippen LogP contribution < -0.4 is 9.62 Å². The fourth-order valence-electron chi connectivity index (χ4n) is 4.18. The molecule has 0 saturated heterocycles. The zero-order valence-corrected chi connectivity index (χ0v) is 17.8. The number of benzene rings is 2. The minimum absolute atomic E-state index is 0.0714. The van der Waals surface area contributed by atoms with Crippen molar-refractivity contribution in [2.24, 2.45) is 5.92 Å². The fourth-order valence-corrected chi connectivity index (χ4v) is 5.36. The minimum Gasteiger partial charge on any atom is -0.309 e. The average Bonchev–Trinajstić information content (AvgIpc) is 3.00. The average molecular weight is 413 g/mol. The molecule has 1 aliphatic carbocycles. The van der Waals surface area contributed by atoms with E-state index in [0.29, 0.717) is 13.0 Å². The molecule has 2 aromatic carbocycles. The van der Waals surface area contributed by atoms with Gasteiger partial charge in [0.2, 0.25) is 15.9 Å². The maximum absolute atomic E-state index is 12.8. The van der Waals surface area contributed by atoms with Crippen LogP contribution in [0.5, 0.6) is 0 Å². The third-order valence-electron chi connectivity index (χ3n) is 6.22. The molecule has 1 N–H and O–H groups in total. The molecule has 2 atom stereocenters. The predicted octanol–water partition coefficient (Wildman–Crippen LogP) is 3.85. The van der Waals surface area contributed by atoms with E-state index in [2.05, 4.69) is 4.72 Å². The summed E-state index contributed by atoms with van der Waals surface area (Å²) in [5.74, 6) is 0.400. The minimum atomic E-state index is -3.60. The van der Waals surface area contributed by atoms with E-state index in [1.165, 1.54) is 0 Å². The molecule has 6 heteroatoms. The normalized spacial score (nSPS) is 20.2. The molecule has 0 unspecified atom stereocenters. The maximum atomic E-state index is 12.8. The van der Waals surface area contributed by atoms with Crippen LogP contribution in [0, 0.1) is 5.92 Å². The van der Waals surface area contributed by atoms with Gasteiger partial charge in [-0.05, 0) is 61.4 Å². The molecule has 1 saturated carbocycles. The lowest BCUT2D eigenvalue weighted by Crippen LogP contribution is -2.42. The van der Waals surface area contributed by atoms with E-state index in [1.54, 1.807) is 18.2 Å². The number of nitrogens with one attached hydrogen (secondary N) is 1. The number of hydrogen-bond acceptors (Lipinski definition) is 3. The molecule has 0 spiro atoms. The van der Waals surface area contributed by atoms with Crippen LogP contribution in [0.4, 0.5) is 5.69 Å². The van der Waals surface area contributed by atoms with Gasteiger partial charge in [0.15, 0.2) is 0 Å². The molecular weight excluding hydrogens is 384 g/mol. The molecule has 154 valence electrons. The summed E-state index contributed by atoms with van der Waals surface area (Å²) in [5, 5.41) is 0. The van der Waals surface area contributed by atoms with Crippen molar-refractivity contribution in [1.29, 1.82) is 0 Å². The van der Waals surface area contributed by atoms with Crippen LogP contribution in [0.25, 0.3) is 0 Å². The van der Waals surface area contributed by atoms with E-state index in [4.69, 9.17) is 0 Å². The summed E-state index contributed by atoms with van der Waals surface area (Å²) >= 11 is 0. The molecule has 5 nitrogen and oxygen atoms in total. The largest absolute Gasteiger partial charge is 0.309 e. The standard InChI is InChI=1S/C23H28N2O3S/c1-16(18-7-4-3-5-8-18)15-24-29(27,28)21-11-12-22-20(14-21)13-17(2)25(22)23(26)19-9-6-10-19/h3-5,7-8,11-12,14,16-17,19,24H,6,9-10,13,15H2,1-2H3/t16-,17+/m1/s1. The smallest absolute Gasteiger partial charge is 0.240 e. The van der Waals surface area contributed by atoms with Gasteiger partial charge in [-0.2, -0.15) is 0 Å². The Hall–Kier alpha value is -2.18. The molecule has 0 bridgehead atoms. The van der Waals surface area contributed by atoms with Gasteiger partial charge in [0.05, 0.1) is 4.90 Å². The van der Waals surface area contributed by atoms with Crippen molar-refractivity contribution in [2.75, 3.05) is 11.4 Å². The molecule has 0 radical (unpaired) electrons. The highest BCUT2D eigenvalue weighted by Crippen LogP contribution is 2.38. The van der Waals surface area contributed by atoms with Crippen LogP contribution in [-0.2, 0) is 21.2 Å². The second kappa shape index (κ2) is 7.92. The molecule has 2 aliphatic rings. The maximum Gasteiger partial charge on any atom is 0.240 e. The molecule has 0 aromatic heterocycles. The summed E-state index contributed by atoms with van der Waals surface area (Å²) in [6, 6.07) is 15.1. The van der Waals surface area contributed by atoms with E-state index in [-0.39, 0.29) is 28.7 Å². The number of anilines is 1. The van der Waals surface area contributed by atoms with Crippen LogP contribution in [0.2, 0.25) is 0 Å². The number of hydrogen-bond donors (Lipinski definition) is 1. The highest BCUT2D eigenvalue weighted by Gasteiger charge is 2.37. The summed E-state index contributed by atoms with van der Waals surface area (Å²) in [6.07, 6.45) is 3.74. The Balaban J connectivity index is 1.49. The Morgan fingerprint density at radius 2 is 1.90 bits per heavy atom. The first-order valence-electron chi connectivity index (χ1n) is 10.4. The van der Waals surface area contributed by atoms with Crippen LogP contribution in [0.3, 0.4) is 0 Å². The van der Waals surface area contributed by atoms with E-state index in [9.17, 15) is 13.2 Å². The van der Waals surface area contributed by atoms with Gasteiger partial charge in [0.1, 0.15) is 0 Å². The molecule has 1 fully saturated rings. The molecule has 29 heavy (non-hydrogen) atoms. The third kappa shape index (κ3) is 3.96.